The molecule has 0 saturated carbocycles. The molecule has 0 radical (unpaired) electrons. The number of benzene rings is 2. The second-order valence-corrected chi connectivity index (χ2v) is 6.68. The number of halogens is 1. The third kappa shape index (κ3) is 2.61. The monoisotopic (exact) mass is 350 g/mol. The van der Waals surface area contributed by atoms with Gasteiger partial charge >= 0.3 is 0 Å². The van der Waals surface area contributed by atoms with Crippen molar-refractivity contribution in [2.24, 2.45) is 0 Å². The van der Waals surface area contributed by atoms with Crippen LogP contribution in [0.1, 0.15) is 36.1 Å². The molecule has 0 spiro atoms. The van der Waals surface area contributed by atoms with Crippen molar-refractivity contribution in [3.8, 4) is 0 Å². The molecule has 94 valence electrons. The summed E-state index contributed by atoms with van der Waals surface area (Å²) in [6.07, 6.45) is 0. The van der Waals surface area contributed by atoms with E-state index in [9.17, 15) is 0 Å². The van der Waals surface area contributed by atoms with E-state index in [0.29, 0.717) is 0 Å². The van der Waals surface area contributed by atoms with Crippen LogP contribution in [0, 0.1) is 17.4 Å². The van der Waals surface area contributed by atoms with Crippen molar-refractivity contribution in [3.63, 3.8) is 0 Å². The van der Waals surface area contributed by atoms with Crippen molar-refractivity contribution >= 4 is 22.6 Å². The van der Waals surface area contributed by atoms with Crippen LogP contribution in [0.4, 0.5) is 0 Å². The van der Waals surface area contributed by atoms with E-state index in [1.165, 1.54) is 25.8 Å². The lowest BCUT2D eigenvalue weighted by Crippen LogP contribution is -2.19. The Labute approximate surface area is 124 Å². The summed E-state index contributed by atoms with van der Waals surface area (Å²) >= 11 is 2.38. The van der Waals surface area contributed by atoms with E-state index in [-0.39, 0.29) is 5.41 Å². The molecular formula is C17H19I. The number of rotatable bonds is 2. The Bertz CT molecular complexity index is 568. The van der Waals surface area contributed by atoms with Gasteiger partial charge in [0.25, 0.3) is 0 Å². The predicted molar refractivity (Wildman–Crippen MR) is 87.2 cm³/mol. The summed E-state index contributed by atoms with van der Waals surface area (Å²) in [7, 11) is 0. The minimum absolute atomic E-state index is 0.0552. The van der Waals surface area contributed by atoms with Gasteiger partial charge < -0.3 is 0 Å². The highest BCUT2D eigenvalue weighted by Crippen LogP contribution is 2.33. The molecule has 0 N–H and O–H groups in total. The largest absolute Gasteiger partial charge is 0.0609 e. The zero-order valence-electron chi connectivity index (χ0n) is 11.4. The topological polar surface area (TPSA) is 0 Å². The highest BCUT2D eigenvalue weighted by molar-refractivity contribution is 14.1. The van der Waals surface area contributed by atoms with Crippen LogP contribution in [0.3, 0.4) is 0 Å². The van der Waals surface area contributed by atoms with Gasteiger partial charge in [-0.2, -0.15) is 0 Å². The highest BCUT2D eigenvalue weighted by Gasteiger charge is 2.23. The standard InChI is InChI=1S/C17H19I/c1-12-8-9-15(10-13(12)2)17(3,4)14-6-5-7-16(18)11-14/h5-11H,1-4H3. The molecule has 0 atom stereocenters. The first-order valence-corrected chi connectivity index (χ1v) is 7.33. The summed E-state index contributed by atoms with van der Waals surface area (Å²) in [6.45, 7) is 8.94. The Morgan fingerprint density at radius 2 is 1.50 bits per heavy atom. The van der Waals surface area contributed by atoms with Crippen molar-refractivity contribution in [3.05, 3.63) is 68.3 Å². The second kappa shape index (κ2) is 5.04. The average molecular weight is 350 g/mol. The molecule has 0 saturated heterocycles. The number of aryl methyl sites for hydroxylation is 2. The first-order valence-electron chi connectivity index (χ1n) is 6.25. The van der Waals surface area contributed by atoms with Gasteiger partial charge in [-0.1, -0.05) is 44.2 Å². The second-order valence-electron chi connectivity index (χ2n) is 5.43. The van der Waals surface area contributed by atoms with Crippen molar-refractivity contribution in [1.29, 1.82) is 0 Å². The Balaban J connectivity index is 2.50. The summed E-state index contributed by atoms with van der Waals surface area (Å²) in [6, 6.07) is 15.6. The predicted octanol–water partition coefficient (Wildman–Crippen LogP) is 5.23. The third-order valence-corrected chi connectivity index (χ3v) is 4.45. The van der Waals surface area contributed by atoms with E-state index in [2.05, 4.69) is 92.8 Å². The maximum absolute atomic E-state index is 2.38. The van der Waals surface area contributed by atoms with E-state index in [4.69, 9.17) is 0 Å². The quantitative estimate of drug-likeness (QED) is 0.651. The minimum atomic E-state index is 0.0552. The molecule has 2 aromatic carbocycles. The van der Waals surface area contributed by atoms with Gasteiger partial charge in [0.1, 0.15) is 0 Å². The van der Waals surface area contributed by atoms with Crippen LogP contribution < -0.4 is 0 Å². The molecule has 0 nitrogen and oxygen atoms in total. The smallest absolute Gasteiger partial charge is 0.0147 e. The maximum atomic E-state index is 2.38. The Hall–Kier alpha value is -0.830. The molecule has 0 aliphatic carbocycles. The number of hydrogen-bond acceptors (Lipinski definition) is 0. The molecule has 2 aromatic rings. The fourth-order valence-electron chi connectivity index (χ4n) is 2.17. The summed E-state index contributed by atoms with van der Waals surface area (Å²) < 4.78 is 1.29. The van der Waals surface area contributed by atoms with Gasteiger partial charge in [0.2, 0.25) is 0 Å². The summed E-state index contributed by atoms with van der Waals surface area (Å²) in [5, 5.41) is 0. The van der Waals surface area contributed by atoms with Crippen molar-refractivity contribution < 1.29 is 0 Å². The van der Waals surface area contributed by atoms with Crippen LogP contribution in [-0.2, 0) is 5.41 Å². The zero-order valence-corrected chi connectivity index (χ0v) is 13.6. The molecule has 1 heteroatoms. The van der Waals surface area contributed by atoms with Crippen molar-refractivity contribution in [1.82, 2.24) is 0 Å². The summed E-state index contributed by atoms with van der Waals surface area (Å²) in [5.41, 5.74) is 5.54. The van der Waals surface area contributed by atoms with Crippen LogP contribution in [0.15, 0.2) is 42.5 Å². The van der Waals surface area contributed by atoms with Crippen LogP contribution >= 0.6 is 22.6 Å². The Kier molecular flexibility index (Phi) is 3.81. The fraction of sp³-hybridized carbons (Fsp3) is 0.294. The molecule has 0 heterocycles. The van der Waals surface area contributed by atoms with Gasteiger partial charge in [0.15, 0.2) is 0 Å². The van der Waals surface area contributed by atoms with Crippen LogP contribution in [0.2, 0.25) is 0 Å². The average Bonchev–Trinajstić information content (AvgIpc) is 2.32. The lowest BCUT2D eigenvalue weighted by atomic mass is 9.77. The molecule has 0 amide bonds. The Morgan fingerprint density at radius 3 is 2.11 bits per heavy atom. The van der Waals surface area contributed by atoms with Crippen molar-refractivity contribution in [2.75, 3.05) is 0 Å². The molecule has 2 rings (SSSR count). The molecular weight excluding hydrogens is 331 g/mol. The Morgan fingerprint density at radius 1 is 0.833 bits per heavy atom. The van der Waals surface area contributed by atoms with Gasteiger partial charge in [0, 0.05) is 8.99 Å². The molecule has 0 aliphatic rings. The fourth-order valence-corrected chi connectivity index (χ4v) is 2.72. The summed E-state index contributed by atoms with van der Waals surface area (Å²) in [5.74, 6) is 0. The first kappa shape index (κ1) is 13.6. The van der Waals surface area contributed by atoms with E-state index in [1.54, 1.807) is 0 Å². The van der Waals surface area contributed by atoms with Gasteiger partial charge in [-0.25, -0.2) is 0 Å². The van der Waals surface area contributed by atoms with E-state index in [1.807, 2.05) is 0 Å². The van der Waals surface area contributed by atoms with E-state index < -0.39 is 0 Å². The van der Waals surface area contributed by atoms with Gasteiger partial charge in [-0.3, -0.25) is 0 Å². The minimum Gasteiger partial charge on any atom is -0.0609 e. The summed E-state index contributed by atoms with van der Waals surface area (Å²) in [4.78, 5) is 0. The van der Waals surface area contributed by atoms with E-state index in [0.717, 1.165) is 0 Å². The highest BCUT2D eigenvalue weighted by atomic mass is 127. The molecule has 18 heavy (non-hydrogen) atoms. The molecule has 0 bridgehead atoms. The lowest BCUT2D eigenvalue weighted by molar-refractivity contribution is 0.639. The molecule has 0 aromatic heterocycles. The lowest BCUT2D eigenvalue weighted by Gasteiger charge is -2.27. The van der Waals surface area contributed by atoms with Gasteiger partial charge in [-0.05, 0) is 70.8 Å². The maximum Gasteiger partial charge on any atom is 0.0147 e. The number of hydrogen-bond donors (Lipinski definition) is 0. The van der Waals surface area contributed by atoms with E-state index >= 15 is 0 Å². The van der Waals surface area contributed by atoms with Crippen LogP contribution in [0.5, 0.6) is 0 Å². The van der Waals surface area contributed by atoms with Crippen LogP contribution in [0.25, 0.3) is 0 Å². The molecule has 0 unspecified atom stereocenters. The SMILES string of the molecule is Cc1ccc(C(C)(C)c2cccc(I)c2)cc1C. The normalized spacial score (nSPS) is 11.6. The van der Waals surface area contributed by atoms with Gasteiger partial charge in [0.05, 0.1) is 0 Å². The van der Waals surface area contributed by atoms with Gasteiger partial charge in [-0.15, -0.1) is 0 Å². The molecule has 0 aliphatic heterocycles. The third-order valence-electron chi connectivity index (χ3n) is 3.77. The zero-order chi connectivity index (χ0) is 13.3. The van der Waals surface area contributed by atoms with Crippen molar-refractivity contribution in [2.45, 2.75) is 33.1 Å². The first-order chi connectivity index (χ1) is 8.41. The molecule has 0 fully saturated rings. The van der Waals surface area contributed by atoms with Crippen LogP contribution in [-0.4, -0.2) is 0 Å².